The van der Waals surface area contributed by atoms with Crippen LogP contribution in [0.1, 0.15) is 38.5 Å². The van der Waals surface area contributed by atoms with Gasteiger partial charge in [0.05, 0.1) is 0 Å². The molecule has 2 heteroatoms. The summed E-state index contributed by atoms with van der Waals surface area (Å²) in [7, 11) is 0. The number of rotatable bonds is 7. The molecule has 0 spiro atoms. The summed E-state index contributed by atoms with van der Waals surface area (Å²) in [6.07, 6.45) is 7.97. The number of carbonyl (C=O) groups excluding carboxylic acids is 1. The van der Waals surface area contributed by atoms with Crippen LogP contribution in [-0.4, -0.2) is 6.29 Å². The predicted molar refractivity (Wildman–Crippen MR) is 38.6 cm³/mol. The molecule has 1 nitrogen and oxygen atoms in total. The first-order valence-corrected chi connectivity index (χ1v) is 5.04. The normalized spacial score (nSPS) is 9.80. The van der Waals surface area contributed by atoms with Crippen LogP contribution < -0.4 is 0 Å². The van der Waals surface area contributed by atoms with Gasteiger partial charge in [0.25, 0.3) is 0 Å². The molecule has 0 bridgehead atoms. The van der Waals surface area contributed by atoms with E-state index in [0.29, 0.717) is 0 Å². The Hall–Kier alpha value is 0.293. The van der Waals surface area contributed by atoms with Gasteiger partial charge in [-0.15, -0.1) is 0 Å². The molecule has 0 radical (unpaired) electrons. The summed E-state index contributed by atoms with van der Waals surface area (Å²) in [5.74, 6) is 0. The first-order chi connectivity index (χ1) is 4.91. The average Bonchev–Trinajstić information content (AvgIpc) is 1.97. The van der Waals surface area contributed by atoms with Gasteiger partial charge in [0.2, 0.25) is 0 Å². The van der Waals surface area contributed by atoms with Crippen LogP contribution in [0.2, 0.25) is 5.02 Å². The molecule has 0 unspecified atom stereocenters. The maximum absolute atomic E-state index is 9.89. The van der Waals surface area contributed by atoms with Gasteiger partial charge in [-0.3, -0.25) is 0 Å². The molecule has 0 aliphatic heterocycles. The molecule has 0 N–H and O–H groups in total. The number of unbranched alkanes of at least 4 members (excludes halogenated alkanes) is 5. The van der Waals surface area contributed by atoms with Crippen LogP contribution >= 0.6 is 0 Å². The van der Waals surface area contributed by atoms with E-state index in [1.54, 1.807) is 0 Å². The first kappa shape index (κ1) is 10.3. The molecular formula is C8H15ORh. The molecule has 0 fully saturated rings. The Morgan fingerprint density at radius 1 is 1.00 bits per heavy atom. The summed E-state index contributed by atoms with van der Waals surface area (Å²) in [6, 6.07) is 0. The van der Waals surface area contributed by atoms with Gasteiger partial charge >= 0.3 is 72.9 Å². The predicted octanol–water partition coefficient (Wildman–Crippen LogP) is 2.49. The van der Waals surface area contributed by atoms with E-state index in [2.05, 4.69) is 18.3 Å². The second kappa shape index (κ2) is 9.29. The van der Waals surface area contributed by atoms with E-state index in [-0.39, 0.29) is 0 Å². The number of hydrogen-bond acceptors (Lipinski definition) is 1. The van der Waals surface area contributed by atoms with Crippen molar-refractivity contribution < 1.29 is 23.1 Å². The topological polar surface area (TPSA) is 17.1 Å². The summed E-state index contributed by atoms with van der Waals surface area (Å²) in [6.45, 7) is 0. The zero-order valence-corrected chi connectivity index (χ0v) is 7.91. The summed E-state index contributed by atoms with van der Waals surface area (Å²) in [4.78, 5) is 9.89. The molecule has 0 saturated carbocycles. The second-order valence-corrected chi connectivity index (χ2v) is 3.21. The molecule has 0 rings (SSSR count). The maximum atomic E-state index is 9.89. The van der Waals surface area contributed by atoms with E-state index in [4.69, 9.17) is 0 Å². The Bertz CT molecular complexity index is 73.7. The van der Waals surface area contributed by atoms with E-state index in [0.717, 1.165) is 19.1 Å². The minimum atomic E-state index is 0.749. The van der Waals surface area contributed by atoms with Gasteiger partial charge in [-0.2, -0.15) is 0 Å². The summed E-state index contributed by atoms with van der Waals surface area (Å²) in [5, 5.41) is 1.19. The van der Waals surface area contributed by atoms with Gasteiger partial charge < -0.3 is 0 Å². The molecule has 0 aromatic rings. The molecule has 0 atom stereocenters. The van der Waals surface area contributed by atoms with Gasteiger partial charge in [0.15, 0.2) is 0 Å². The van der Waals surface area contributed by atoms with Crippen molar-refractivity contribution in [3.05, 3.63) is 0 Å². The molecule has 0 aliphatic carbocycles. The first-order valence-electron chi connectivity index (χ1n) is 3.88. The standard InChI is InChI=1S/C8H15O.Rh/c1-2-3-4-5-6-7-8-9;/h8H,1-7H2;. The Labute approximate surface area is 73.3 Å². The monoisotopic (exact) mass is 230 g/mol. The molecule has 0 aromatic carbocycles. The van der Waals surface area contributed by atoms with Crippen LogP contribution in [0.25, 0.3) is 0 Å². The van der Waals surface area contributed by atoms with E-state index >= 15 is 0 Å². The van der Waals surface area contributed by atoms with Crippen LogP contribution in [0.15, 0.2) is 0 Å². The number of carbonyl (C=O) groups is 1. The van der Waals surface area contributed by atoms with E-state index in [1.165, 1.54) is 30.7 Å². The van der Waals surface area contributed by atoms with Crippen molar-refractivity contribution in [2.75, 3.05) is 0 Å². The molecule has 10 heavy (non-hydrogen) atoms. The van der Waals surface area contributed by atoms with Crippen molar-refractivity contribution in [3.8, 4) is 0 Å². The zero-order chi connectivity index (χ0) is 7.66. The van der Waals surface area contributed by atoms with E-state index in [9.17, 15) is 4.79 Å². The zero-order valence-electron chi connectivity index (χ0n) is 6.27. The van der Waals surface area contributed by atoms with Crippen LogP contribution in [0, 0.1) is 0 Å². The average molecular weight is 230 g/mol. The third-order valence-electron chi connectivity index (χ3n) is 1.44. The molecule has 0 heterocycles. The van der Waals surface area contributed by atoms with Crippen molar-refractivity contribution in [2.24, 2.45) is 0 Å². The van der Waals surface area contributed by atoms with Crippen molar-refractivity contribution in [2.45, 2.75) is 43.5 Å². The molecular weight excluding hydrogens is 215 g/mol. The molecule has 62 valence electrons. The fourth-order valence-corrected chi connectivity index (χ4v) is 1.25. The Kier molecular flexibility index (Phi) is 9.57. The molecule has 0 aromatic heterocycles. The van der Waals surface area contributed by atoms with Crippen LogP contribution in [0.4, 0.5) is 0 Å². The Morgan fingerprint density at radius 3 is 2.20 bits per heavy atom. The van der Waals surface area contributed by atoms with Crippen molar-refractivity contribution >= 4 is 6.29 Å². The van der Waals surface area contributed by atoms with E-state index < -0.39 is 0 Å². The Morgan fingerprint density at radius 2 is 1.60 bits per heavy atom. The van der Waals surface area contributed by atoms with Crippen molar-refractivity contribution in [1.29, 1.82) is 0 Å². The fraction of sp³-hybridized carbons (Fsp3) is 0.875. The minimum absolute atomic E-state index is 0.749. The van der Waals surface area contributed by atoms with Gasteiger partial charge in [-0.05, 0) is 0 Å². The van der Waals surface area contributed by atoms with Gasteiger partial charge in [0.1, 0.15) is 0 Å². The Balaban J connectivity index is 2.70. The molecule has 0 amide bonds. The van der Waals surface area contributed by atoms with Crippen molar-refractivity contribution in [3.63, 3.8) is 0 Å². The van der Waals surface area contributed by atoms with Gasteiger partial charge in [-0.1, -0.05) is 0 Å². The third-order valence-corrected chi connectivity index (χ3v) is 2.02. The van der Waals surface area contributed by atoms with Crippen LogP contribution in [0.5, 0.6) is 0 Å². The van der Waals surface area contributed by atoms with Crippen LogP contribution in [0.3, 0.4) is 0 Å². The van der Waals surface area contributed by atoms with Gasteiger partial charge in [0, 0.05) is 0 Å². The molecule has 0 aliphatic rings. The SMILES string of the molecule is O=CCCCCCC[CH2][Rh]. The summed E-state index contributed by atoms with van der Waals surface area (Å²) in [5.41, 5.74) is 0. The summed E-state index contributed by atoms with van der Waals surface area (Å²) >= 11 is 2.90. The van der Waals surface area contributed by atoms with E-state index in [1.807, 2.05) is 0 Å². The van der Waals surface area contributed by atoms with Crippen LogP contribution in [-0.2, 0) is 23.1 Å². The fourth-order valence-electron chi connectivity index (χ4n) is 0.841. The second-order valence-electron chi connectivity index (χ2n) is 2.39. The van der Waals surface area contributed by atoms with Gasteiger partial charge in [-0.25, -0.2) is 0 Å². The quantitative estimate of drug-likeness (QED) is 0.373. The van der Waals surface area contributed by atoms with Crippen molar-refractivity contribution in [1.82, 2.24) is 0 Å². The number of hydrogen-bond donors (Lipinski definition) is 0. The number of aldehydes is 1. The third kappa shape index (κ3) is 8.29. The summed E-state index contributed by atoms with van der Waals surface area (Å²) < 4.78 is 0. The molecule has 0 saturated heterocycles.